The van der Waals surface area contributed by atoms with Crippen molar-refractivity contribution in [3.05, 3.63) is 65.2 Å². The molecule has 2 rings (SSSR count). The third-order valence-electron chi connectivity index (χ3n) is 4.63. The van der Waals surface area contributed by atoms with Crippen molar-refractivity contribution in [1.82, 2.24) is 0 Å². The van der Waals surface area contributed by atoms with Crippen LogP contribution in [0.5, 0.6) is 11.5 Å². The third kappa shape index (κ3) is 11.4. The van der Waals surface area contributed by atoms with E-state index in [0.717, 1.165) is 29.5 Å². The van der Waals surface area contributed by atoms with Crippen molar-refractivity contribution in [1.29, 1.82) is 0 Å². The van der Waals surface area contributed by atoms with Crippen LogP contribution in [-0.4, -0.2) is 37.9 Å². The zero-order valence-corrected chi connectivity index (χ0v) is 19.5. The van der Waals surface area contributed by atoms with E-state index in [2.05, 4.69) is 18.2 Å². The molecule has 6 heteroatoms. The number of hydrogen-bond acceptors (Lipinski definition) is 5. The molecule has 2 aromatic carbocycles. The Morgan fingerprint density at radius 3 is 2.03 bits per heavy atom. The maximum absolute atomic E-state index is 10.6. The minimum atomic E-state index is -0.738. The van der Waals surface area contributed by atoms with Gasteiger partial charge in [0, 0.05) is 25.7 Å². The first kappa shape index (κ1) is 26.2. The summed E-state index contributed by atoms with van der Waals surface area (Å²) >= 11 is 0. The molecule has 0 aliphatic heterocycles. The third-order valence-corrected chi connectivity index (χ3v) is 4.63. The molecular formula is C27H34O6. The topological polar surface area (TPSA) is 74.2 Å². The summed E-state index contributed by atoms with van der Waals surface area (Å²) in [4.78, 5) is 10.6. The summed E-state index contributed by atoms with van der Waals surface area (Å²) in [7, 11) is 0. The van der Waals surface area contributed by atoms with Gasteiger partial charge in [0.2, 0.25) is 0 Å². The maximum Gasteiger partial charge on any atom is 0.303 e. The molecule has 0 aliphatic carbocycles. The Hall–Kier alpha value is -3.09. The molecule has 0 saturated heterocycles. The molecule has 33 heavy (non-hydrogen) atoms. The number of unbranched alkanes of at least 4 members (excludes halogenated alkanes) is 2. The number of ether oxygens (including phenoxy) is 4. The minimum Gasteiger partial charge on any atom is -0.481 e. The molecule has 6 nitrogen and oxygen atoms in total. The van der Waals surface area contributed by atoms with E-state index in [-0.39, 0.29) is 20.0 Å². The summed E-state index contributed by atoms with van der Waals surface area (Å²) in [5, 5.41) is 8.69. The van der Waals surface area contributed by atoms with E-state index in [1.165, 1.54) is 0 Å². The molecule has 1 N–H and O–H groups in total. The Kier molecular flexibility index (Phi) is 12.4. The first-order valence-corrected chi connectivity index (χ1v) is 11.3. The first-order chi connectivity index (χ1) is 16.1. The van der Waals surface area contributed by atoms with E-state index in [4.69, 9.17) is 24.1 Å². The van der Waals surface area contributed by atoms with Crippen molar-refractivity contribution in [3.8, 4) is 11.5 Å². The number of hydrogen-bond donors (Lipinski definition) is 1. The van der Waals surface area contributed by atoms with E-state index in [1.54, 1.807) is 0 Å². The van der Waals surface area contributed by atoms with Gasteiger partial charge in [-0.3, -0.25) is 4.79 Å². The lowest BCUT2D eigenvalue weighted by atomic mass is 10.1. The second-order valence-electron chi connectivity index (χ2n) is 7.29. The number of aliphatic carboxylic acids is 1. The monoisotopic (exact) mass is 454 g/mol. The Bertz CT molecular complexity index is 875. The molecule has 0 aliphatic rings. The molecule has 0 heterocycles. The number of benzene rings is 2. The lowest BCUT2D eigenvalue weighted by Gasteiger charge is -2.11. The highest BCUT2D eigenvalue weighted by Gasteiger charge is 2.03. The van der Waals surface area contributed by atoms with Crippen molar-refractivity contribution in [2.45, 2.75) is 39.5 Å². The Balaban J connectivity index is 2.03. The van der Waals surface area contributed by atoms with E-state index >= 15 is 0 Å². The van der Waals surface area contributed by atoms with Gasteiger partial charge >= 0.3 is 5.97 Å². The van der Waals surface area contributed by atoms with E-state index < -0.39 is 5.97 Å². The first-order valence-electron chi connectivity index (χ1n) is 11.3. The zero-order chi connectivity index (χ0) is 23.7. The molecule has 0 atom stereocenters. The fourth-order valence-corrected chi connectivity index (χ4v) is 2.96. The number of carboxylic acid groups (broad SMARTS) is 1. The molecule has 0 radical (unpaired) electrons. The second kappa shape index (κ2) is 15.7. The predicted octanol–water partition coefficient (Wildman–Crippen LogP) is 6.26. The van der Waals surface area contributed by atoms with Gasteiger partial charge in [-0.2, -0.15) is 0 Å². The summed E-state index contributed by atoms with van der Waals surface area (Å²) in [6, 6.07) is 13.9. The van der Waals surface area contributed by atoms with Crippen LogP contribution in [0.15, 0.2) is 48.5 Å². The summed E-state index contributed by atoms with van der Waals surface area (Å²) < 4.78 is 21.9. The molecule has 2 aromatic rings. The normalized spacial score (nSPS) is 11.3. The van der Waals surface area contributed by atoms with Gasteiger partial charge in [0.1, 0.15) is 11.5 Å². The molecule has 0 fully saturated rings. The number of carboxylic acids is 1. The van der Waals surface area contributed by atoms with E-state index in [0.29, 0.717) is 31.1 Å². The molecular weight excluding hydrogens is 420 g/mol. The molecule has 178 valence electrons. The fraction of sp³-hybridized carbons (Fsp3) is 0.370. The molecule has 0 saturated carbocycles. The van der Waals surface area contributed by atoms with Crippen molar-refractivity contribution in [2.75, 3.05) is 26.8 Å². The lowest BCUT2D eigenvalue weighted by molar-refractivity contribution is -0.137. The molecule has 0 aromatic heterocycles. The van der Waals surface area contributed by atoms with Gasteiger partial charge in [-0.1, -0.05) is 42.5 Å². The van der Waals surface area contributed by atoms with Crippen molar-refractivity contribution in [2.24, 2.45) is 0 Å². The van der Waals surface area contributed by atoms with Crippen LogP contribution >= 0.6 is 0 Å². The van der Waals surface area contributed by atoms with Crippen LogP contribution in [0.4, 0.5) is 0 Å². The summed E-state index contributed by atoms with van der Waals surface area (Å²) in [6.45, 7) is 5.36. The standard InChI is InChI=1S/C27H34O6/c1-3-30-20-32-25-17-24(18-26(19-25)33-21-31-4-2)15-14-23-12-9-11-22(16-23)10-7-5-6-8-13-27(28)29/h7,9-12,14-19H,3-6,8,13,20-21H2,1-2H3,(H,28,29). The molecule has 0 bridgehead atoms. The maximum atomic E-state index is 10.6. The highest BCUT2D eigenvalue weighted by molar-refractivity contribution is 5.72. The number of carbonyl (C=O) groups is 1. The lowest BCUT2D eigenvalue weighted by Crippen LogP contribution is -2.04. The van der Waals surface area contributed by atoms with Gasteiger partial charge in [-0.25, -0.2) is 0 Å². The van der Waals surface area contributed by atoms with Crippen LogP contribution in [0.3, 0.4) is 0 Å². The average molecular weight is 455 g/mol. The second-order valence-corrected chi connectivity index (χ2v) is 7.29. The van der Waals surface area contributed by atoms with Crippen LogP contribution in [-0.2, 0) is 14.3 Å². The summed E-state index contributed by atoms with van der Waals surface area (Å²) in [5.74, 6) is 0.589. The van der Waals surface area contributed by atoms with Crippen molar-refractivity contribution < 1.29 is 28.8 Å². The SMILES string of the molecule is CCOCOc1cc(C=Cc2cccc(C=CCCCCC(=O)O)c2)cc(OCOCC)c1. The smallest absolute Gasteiger partial charge is 0.303 e. The minimum absolute atomic E-state index is 0.180. The largest absolute Gasteiger partial charge is 0.481 e. The van der Waals surface area contributed by atoms with E-state index in [9.17, 15) is 4.79 Å². The Morgan fingerprint density at radius 2 is 1.42 bits per heavy atom. The van der Waals surface area contributed by atoms with Gasteiger partial charge < -0.3 is 24.1 Å². The van der Waals surface area contributed by atoms with Gasteiger partial charge in [-0.05, 0) is 68.0 Å². The highest BCUT2D eigenvalue weighted by atomic mass is 16.7. The van der Waals surface area contributed by atoms with Crippen LogP contribution in [0.2, 0.25) is 0 Å². The Morgan fingerprint density at radius 1 is 0.818 bits per heavy atom. The summed E-state index contributed by atoms with van der Waals surface area (Å²) in [6.07, 6.45) is 10.9. The van der Waals surface area contributed by atoms with Crippen LogP contribution in [0.25, 0.3) is 18.2 Å². The molecule has 0 amide bonds. The van der Waals surface area contributed by atoms with Gasteiger partial charge in [0.05, 0.1) is 0 Å². The Labute approximate surface area is 196 Å². The van der Waals surface area contributed by atoms with Crippen LogP contribution < -0.4 is 9.47 Å². The quantitative estimate of drug-likeness (QED) is 0.183. The van der Waals surface area contributed by atoms with Crippen molar-refractivity contribution >= 4 is 24.2 Å². The summed E-state index contributed by atoms with van der Waals surface area (Å²) in [5.41, 5.74) is 3.11. The zero-order valence-electron chi connectivity index (χ0n) is 19.5. The van der Waals surface area contributed by atoms with Crippen molar-refractivity contribution in [3.63, 3.8) is 0 Å². The van der Waals surface area contributed by atoms with Gasteiger partial charge in [-0.15, -0.1) is 0 Å². The fourth-order valence-electron chi connectivity index (χ4n) is 2.96. The van der Waals surface area contributed by atoms with Crippen LogP contribution in [0.1, 0.15) is 56.2 Å². The number of rotatable bonds is 16. The van der Waals surface area contributed by atoms with Gasteiger partial charge in [0.15, 0.2) is 13.6 Å². The molecule has 0 spiro atoms. The predicted molar refractivity (Wildman–Crippen MR) is 131 cm³/mol. The average Bonchev–Trinajstić information content (AvgIpc) is 2.80. The van der Waals surface area contributed by atoms with Crippen LogP contribution in [0, 0.1) is 0 Å². The van der Waals surface area contributed by atoms with Gasteiger partial charge in [0.25, 0.3) is 0 Å². The van der Waals surface area contributed by atoms with E-state index in [1.807, 2.05) is 62.4 Å². The highest BCUT2D eigenvalue weighted by Crippen LogP contribution is 2.25. The number of allylic oxidation sites excluding steroid dienone is 1. The molecule has 0 unspecified atom stereocenters.